The van der Waals surface area contributed by atoms with Crippen LogP contribution in [0, 0.1) is 12.7 Å². The van der Waals surface area contributed by atoms with Crippen molar-refractivity contribution in [1.82, 2.24) is 5.32 Å². The van der Waals surface area contributed by atoms with Crippen LogP contribution in [0.4, 0.5) is 10.1 Å². The lowest BCUT2D eigenvalue weighted by atomic mass is 10.0. The number of rotatable bonds is 1. The van der Waals surface area contributed by atoms with E-state index in [4.69, 9.17) is 0 Å². The summed E-state index contributed by atoms with van der Waals surface area (Å²) in [6, 6.07) is 11.8. The van der Waals surface area contributed by atoms with Gasteiger partial charge in [0.2, 0.25) is 0 Å². The lowest BCUT2D eigenvalue weighted by Gasteiger charge is -2.29. The highest BCUT2D eigenvalue weighted by atomic mass is 19.1. The number of hydrogen-bond donors (Lipinski definition) is 2. The SMILES string of the molecule is Cc1cccc2c1NC(c1cccc(F)c1)NC2=O. The van der Waals surface area contributed by atoms with Gasteiger partial charge in [-0.05, 0) is 36.2 Å². The Morgan fingerprint density at radius 1 is 1.11 bits per heavy atom. The van der Waals surface area contributed by atoms with E-state index in [2.05, 4.69) is 10.6 Å². The molecule has 0 aliphatic carbocycles. The Balaban J connectivity index is 2.01. The van der Waals surface area contributed by atoms with Gasteiger partial charge >= 0.3 is 0 Å². The van der Waals surface area contributed by atoms with E-state index in [0.717, 1.165) is 11.3 Å². The third kappa shape index (κ3) is 2.05. The second-order valence-corrected chi connectivity index (χ2v) is 4.60. The van der Waals surface area contributed by atoms with E-state index in [1.165, 1.54) is 12.1 Å². The number of nitrogens with one attached hydrogen (secondary N) is 2. The van der Waals surface area contributed by atoms with Crippen LogP contribution in [0.5, 0.6) is 0 Å². The van der Waals surface area contributed by atoms with Crippen LogP contribution in [0.1, 0.15) is 27.7 Å². The average molecular weight is 256 g/mol. The molecule has 2 aromatic carbocycles. The monoisotopic (exact) mass is 256 g/mol. The van der Waals surface area contributed by atoms with Gasteiger partial charge in [0.15, 0.2) is 0 Å². The summed E-state index contributed by atoms with van der Waals surface area (Å²) in [6.45, 7) is 1.94. The summed E-state index contributed by atoms with van der Waals surface area (Å²) in [4.78, 5) is 12.1. The van der Waals surface area contributed by atoms with Gasteiger partial charge < -0.3 is 10.6 Å². The van der Waals surface area contributed by atoms with Crippen LogP contribution in [0.3, 0.4) is 0 Å². The molecule has 1 aliphatic heterocycles. The molecule has 2 N–H and O–H groups in total. The molecule has 0 fully saturated rings. The second kappa shape index (κ2) is 4.39. The number of hydrogen-bond acceptors (Lipinski definition) is 2. The normalized spacial score (nSPS) is 17.4. The zero-order valence-corrected chi connectivity index (χ0v) is 10.4. The minimum absolute atomic E-state index is 0.147. The van der Waals surface area contributed by atoms with E-state index in [1.807, 2.05) is 19.1 Å². The molecule has 4 heteroatoms. The molecule has 1 unspecified atom stereocenters. The van der Waals surface area contributed by atoms with Gasteiger partial charge in [-0.2, -0.15) is 0 Å². The molecule has 3 nitrogen and oxygen atoms in total. The highest BCUT2D eigenvalue weighted by Gasteiger charge is 2.25. The zero-order valence-electron chi connectivity index (χ0n) is 10.4. The highest BCUT2D eigenvalue weighted by molar-refractivity contribution is 6.02. The Labute approximate surface area is 110 Å². The Morgan fingerprint density at radius 2 is 1.89 bits per heavy atom. The number of halogens is 1. The van der Waals surface area contributed by atoms with Crippen molar-refractivity contribution in [1.29, 1.82) is 0 Å². The largest absolute Gasteiger partial charge is 0.361 e. The van der Waals surface area contributed by atoms with E-state index in [9.17, 15) is 9.18 Å². The molecule has 1 heterocycles. The van der Waals surface area contributed by atoms with E-state index >= 15 is 0 Å². The smallest absolute Gasteiger partial charge is 0.255 e. The van der Waals surface area contributed by atoms with Crippen molar-refractivity contribution >= 4 is 11.6 Å². The fraction of sp³-hybridized carbons (Fsp3) is 0.133. The minimum atomic E-state index is -0.406. The van der Waals surface area contributed by atoms with Crippen LogP contribution < -0.4 is 10.6 Å². The quantitative estimate of drug-likeness (QED) is 0.823. The van der Waals surface area contributed by atoms with Crippen molar-refractivity contribution < 1.29 is 9.18 Å². The summed E-state index contributed by atoms with van der Waals surface area (Å²) in [5, 5.41) is 6.07. The first-order valence-corrected chi connectivity index (χ1v) is 6.07. The fourth-order valence-corrected chi connectivity index (χ4v) is 2.29. The predicted molar refractivity (Wildman–Crippen MR) is 71.4 cm³/mol. The van der Waals surface area contributed by atoms with Gasteiger partial charge in [-0.15, -0.1) is 0 Å². The van der Waals surface area contributed by atoms with Gasteiger partial charge in [-0.1, -0.05) is 24.3 Å². The van der Waals surface area contributed by atoms with Crippen molar-refractivity contribution in [2.75, 3.05) is 5.32 Å². The lowest BCUT2D eigenvalue weighted by molar-refractivity contribution is 0.0935. The lowest BCUT2D eigenvalue weighted by Crippen LogP contribution is -2.38. The molecule has 0 radical (unpaired) electrons. The maximum atomic E-state index is 13.3. The minimum Gasteiger partial charge on any atom is -0.361 e. The second-order valence-electron chi connectivity index (χ2n) is 4.60. The molecule has 0 saturated carbocycles. The Hall–Kier alpha value is -2.36. The third-order valence-corrected chi connectivity index (χ3v) is 3.26. The Morgan fingerprint density at radius 3 is 2.68 bits per heavy atom. The maximum Gasteiger partial charge on any atom is 0.255 e. The summed E-state index contributed by atoms with van der Waals surface area (Å²) < 4.78 is 13.3. The number of carbonyl (C=O) groups excluding carboxylic acids is 1. The van der Waals surface area contributed by atoms with E-state index in [1.54, 1.807) is 18.2 Å². The van der Waals surface area contributed by atoms with Gasteiger partial charge in [0.05, 0.1) is 11.3 Å². The van der Waals surface area contributed by atoms with Crippen LogP contribution in [-0.2, 0) is 0 Å². The number of carbonyl (C=O) groups is 1. The molecule has 1 aliphatic rings. The summed E-state index contributed by atoms with van der Waals surface area (Å²) in [7, 11) is 0. The van der Waals surface area contributed by atoms with Gasteiger partial charge in [-0.25, -0.2) is 4.39 Å². The van der Waals surface area contributed by atoms with Gasteiger partial charge in [0, 0.05) is 0 Å². The van der Waals surface area contributed by atoms with Crippen molar-refractivity contribution in [3.05, 3.63) is 65.0 Å². The highest BCUT2D eigenvalue weighted by Crippen LogP contribution is 2.29. The van der Waals surface area contributed by atoms with Crippen LogP contribution in [-0.4, -0.2) is 5.91 Å². The predicted octanol–water partition coefficient (Wildman–Crippen LogP) is 2.99. The molecular formula is C15H13FN2O. The van der Waals surface area contributed by atoms with Crippen LogP contribution in [0.15, 0.2) is 42.5 Å². The molecule has 3 rings (SSSR count). The molecule has 96 valence electrons. The third-order valence-electron chi connectivity index (χ3n) is 3.26. The molecule has 0 aromatic heterocycles. The standard InChI is InChI=1S/C15H13FN2O/c1-9-4-2-7-12-13(9)17-14(18-15(12)19)10-5-3-6-11(16)8-10/h2-8,14,17H,1H3,(H,18,19). The number of amides is 1. The topological polar surface area (TPSA) is 41.1 Å². The van der Waals surface area contributed by atoms with Gasteiger partial charge in [0.1, 0.15) is 12.0 Å². The fourth-order valence-electron chi connectivity index (χ4n) is 2.29. The summed E-state index contributed by atoms with van der Waals surface area (Å²) in [5.41, 5.74) is 3.11. The Bertz CT molecular complexity index is 654. The van der Waals surface area contributed by atoms with Crippen molar-refractivity contribution in [2.45, 2.75) is 13.1 Å². The number of anilines is 1. The molecule has 19 heavy (non-hydrogen) atoms. The van der Waals surface area contributed by atoms with Gasteiger partial charge in [-0.3, -0.25) is 4.79 Å². The first-order chi connectivity index (χ1) is 9.15. The first kappa shape index (κ1) is 11.7. The molecule has 1 atom stereocenters. The molecule has 1 amide bonds. The zero-order chi connectivity index (χ0) is 13.4. The van der Waals surface area contributed by atoms with Crippen molar-refractivity contribution in [2.24, 2.45) is 0 Å². The number of aryl methyl sites for hydroxylation is 1. The van der Waals surface area contributed by atoms with Crippen LogP contribution >= 0.6 is 0 Å². The summed E-state index contributed by atoms with van der Waals surface area (Å²) in [5.74, 6) is -0.462. The molecule has 0 spiro atoms. The molecule has 0 saturated heterocycles. The van der Waals surface area contributed by atoms with E-state index in [-0.39, 0.29) is 11.7 Å². The average Bonchev–Trinajstić information content (AvgIpc) is 2.40. The maximum absolute atomic E-state index is 13.3. The number of benzene rings is 2. The Kier molecular flexibility index (Phi) is 2.71. The number of fused-ring (bicyclic) bond motifs is 1. The van der Waals surface area contributed by atoms with Gasteiger partial charge in [0.25, 0.3) is 5.91 Å². The molecule has 0 bridgehead atoms. The molecular weight excluding hydrogens is 243 g/mol. The summed E-state index contributed by atoms with van der Waals surface area (Å²) in [6.07, 6.45) is -0.406. The van der Waals surface area contributed by atoms with E-state index in [0.29, 0.717) is 11.1 Å². The van der Waals surface area contributed by atoms with Crippen LogP contribution in [0.25, 0.3) is 0 Å². The van der Waals surface area contributed by atoms with Crippen molar-refractivity contribution in [3.8, 4) is 0 Å². The van der Waals surface area contributed by atoms with Crippen molar-refractivity contribution in [3.63, 3.8) is 0 Å². The molecule has 2 aromatic rings. The van der Waals surface area contributed by atoms with E-state index < -0.39 is 6.17 Å². The summed E-state index contributed by atoms with van der Waals surface area (Å²) >= 11 is 0. The first-order valence-electron chi connectivity index (χ1n) is 6.07. The van der Waals surface area contributed by atoms with Crippen LogP contribution in [0.2, 0.25) is 0 Å². The number of para-hydroxylation sites is 1.